The highest BCUT2D eigenvalue weighted by molar-refractivity contribution is 6.00. The van der Waals surface area contributed by atoms with E-state index in [1.54, 1.807) is 27.7 Å². The van der Waals surface area contributed by atoms with Gasteiger partial charge in [0.25, 0.3) is 5.91 Å². The van der Waals surface area contributed by atoms with Crippen molar-refractivity contribution in [2.75, 3.05) is 19.8 Å². The Hall–Kier alpha value is -2.03. The fraction of sp³-hybridized carbons (Fsp3) is 0.600. The number of carbonyl (C=O) groups is 2. The van der Waals surface area contributed by atoms with Crippen LogP contribution in [-0.4, -0.2) is 48.9 Å². The molecular formula is C15H21F3N2O4. The first kappa shape index (κ1) is 20.0. The molecule has 1 heterocycles. The van der Waals surface area contributed by atoms with Crippen LogP contribution in [0, 0.1) is 13.8 Å². The molecule has 6 nitrogen and oxygen atoms in total. The number of rotatable bonds is 7. The van der Waals surface area contributed by atoms with Crippen LogP contribution in [-0.2, 0) is 9.47 Å². The van der Waals surface area contributed by atoms with Crippen molar-refractivity contribution in [3.05, 3.63) is 22.5 Å². The van der Waals surface area contributed by atoms with Gasteiger partial charge in [-0.15, -0.1) is 0 Å². The maximum absolute atomic E-state index is 12.1. The van der Waals surface area contributed by atoms with Gasteiger partial charge in [0, 0.05) is 12.2 Å². The van der Waals surface area contributed by atoms with Gasteiger partial charge in [-0.25, -0.2) is 4.79 Å². The van der Waals surface area contributed by atoms with Crippen molar-refractivity contribution in [3.63, 3.8) is 0 Å². The minimum Gasteiger partial charge on any atom is -0.459 e. The fourth-order valence-electron chi connectivity index (χ4n) is 2.07. The molecule has 1 aromatic rings. The maximum Gasteiger partial charge on any atom is 0.411 e. The monoisotopic (exact) mass is 350 g/mol. The average molecular weight is 350 g/mol. The molecule has 1 rings (SSSR count). The Kier molecular flexibility index (Phi) is 6.82. The lowest BCUT2D eigenvalue weighted by Gasteiger charge is -2.09. The first-order valence-electron chi connectivity index (χ1n) is 7.35. The summed E-state index contributed by atoms with van der Waals surface area (Å²) in [6.45, 7) is 4.93. The zero-order valence-corrected chi connectivity index (χ0v) is 14.0. The smallest absolute Gasteiger partial charge is 0.411 e. The van der Waals surface area contributed by atoms with E-state index in [1.807, 2.05) is 0 Å². The Morgan fingerprint density at radius 3 is 2.42 bits per heavy atom. The number of aryl methyl sites for hydroxylation is 1. The van der Waals surface area contributed by atoms with Gasteiger partial charge in [0.1, 0.15) is 12.3 Å². The summed E-state index contributed by atoms with van der Waals surface area (Å²) in [4.78, 5) is 26.9. The lowest BCUT2D eigenvalue weighted by atomic mass is 10.1. The molecule has 1 amide bonds. The number of halogens is 3. The molecule has 24 heavy (non-hydrogen) atoms. The van der Waals surface area contributed by atoms with Gasteiger partial charge in [0.15, 0.2) is 0 Å². The van der Waals surface area contributed by atoms with E-state index in [0.29, 0.717) is 11.3 Å². The van der Waals surface area contributed by atoms with Crippen molar-refractivity contribution in [1.82, 2.24) is 10.3 Å². The van der Waals surface area contributed by atoms with E-state index in [2.05, 4.69) is 15.0 Å². The molecule has 0 saturated heterocycles. The molecule has 0 unspecified atom stereocenters. The minimum atomic E-state index is -4.40. The molecule has 0 aliphatic carbocycles. The van der Waals surface area contributed by atoms with Crippen LogP contribution in [0.4, 0.5) is 13.2 Å². The third-order valence-electron chi connectivity index (χ3n) is 3.01. The second-order valence-electron chi connectivity index (χ2n) is 5.50. The number of amides is 1. The van der Waals surface area contributed by atoms with Gasteiger partial charge in [0.2, 0.25) is 0 Å². The third kappa shape index (κ3) is 5.88. The maximum atomic E-state index is 12.1. The first-order valence-corrected chi connectivity index (χ1v) is 7.35. The van der Waals surface area contributed by atoms with Crippen molar-refractivity contribution in [2.24, 2.45) is 0 Å². The Morgan fingerprint density at radius 1 is 1.25 bits per heavy atom. The number of esters is 1. The van der Waals surface area contributed by atoms with Gasteiger partial charge in [-0.3, -0.25) is 4.79 Å². The van der Waals surface area contributed by atoms with E-state index < -0.39 is 24.7 Å². The standard InChI is InChI=1S/C15H21F3N2O4/c1-8(2)24-14(22)11-9(3)12(20-10(11)4)13(21)19-5-6-23-7-15(16,17)18/h8,20H,5-7H2,1-4H3,(H,19,21). The summed E-state index contributed by atoms with van der Waals surface area (Å²) >= 11 is 0. The zero-order chi connectivity index (χ0) is 18.5. The molecule has 2 N–H and O–H groups in total. The first-order chi connectivity index (χ1) is 11.0. The average Bonchev–Trinajstić information content (AvgIpc) is 2.71. The number of nitrogens with one attached hydrogen (secondary N) is 2. The molecule has 0 saturated carbocycles. The van der Waals surface area contributed by atoms with Crippen LogP contribution in [0.25, 0.3) is 0 Å². The third-order valence-corrected chi connectivity index (χ3v) is 3.01. The van der Waals surface area contributed by atoms with Gasteiger partial charge in [0.05, 0.1) is 18.3 Å². The number of aromatic amines is 1. The van der Waals surface area contributed by atoms with Crippen LogP contribution < -0.4 is 5.32 Å². The minimum absolute atomic E-state index is 0.0851. The summed E-state index contributed by atoms with van der Waals surface area (Å²) in [6.07, 6.45) is -4.70. The van der Waals surface area contributed by atoms with E-state index in [-0.39, 0.29) is 30.5 Å². The van der Waals surface area contributed by atoms with Gasteiger partial charge in [-0.05, 0) is 33.3 Å². The number of carbonyl (C=O) groups excluding carboxylic acids is 2. The summed E-state index contributed by atoms with van der Waals surface area (Å²) in [5.74, 6) is -1.07. The van der Waals surface area contributed by atoms with Gasteiger partial charge < -0.3 is 19.8 Å². The molecule has 0 aromatic carbocycles. The number of aromatic nitrogens is 1. The largest absolute Gasteiger partial charge is 0.459 e. The second-order valence-corrected chi connectivity index (χ2v) is 5.50. The molecule has 136 valence electrons. The SMILES string of the molecule is Cc1[nH]c(C(=O)NCCOCC(F)(F)F)c(C)c1C(=O)OC(C)C. The summed E-state index contributed by atoms with van der Waals surface area (Å²) < 4.78 is 45.3. The van der Waals surface area contributed by atoms with Crippen LogP contribution in [0.3, 0.4) is 0 Å². The topological polar surface area (TPSA) is 80.4 Å². The van der Waals surface area contributed by atoms with E-state index in [4.69, 9.17) is 4.74 Å². The number of ether oxygens (including phenoxy) is 2. The molecular weight excluding hydrogens is 329 g/mol. The highest BCUT2D eigenvalue weighted by atomic mass is 19.4. The van der Waals surface area contributed by atoms with Crippen molar-refractivity contribution in [1.29, 1.82) is 0 Å². The molecule has 9 heteroatoms. The summed E-state index contributed by atoms with van der Waals surface area (Å²) in [5.41, 5.74) is 1.35. The van der Waals surface area contributed by atoms with Gasteiger partial charge in [-0.1, -0.05) is 0 Å². The normalized spacial score (nSPS) is 11.7. The molecule has 1 aromatic heterocycles. The van der Waals surface area contributed by atoms with Crippen LogP contribution in [0.15, 0.2) is 0 Å². The summed E-state index contributed by atoms with van der Waals surface area (Å²) in [5, 5.41) is 2.43. The second kappa shape index (κ2) is 8.18. The number of hydrogen-bond acceptors (Lipinski definition) is 4. The Labute approximate surface area is 137 Å². The number of H-pyrrole nitrogens is 1. The summed E-state index contributed by atoms with van der Waals surface area (Å²) in [6, 6.07) is 0. The van der Waals surface area contributed by atoms with E-state index >= 15 is 0 Å². The van der Waals surface area contributed by atoms with Crippen molar-refractivity contribution >= 4 is 11.9 Å². The highest BCUT2D eigenvalue weighted by Gasteiger charge is 2.27. The fourth-order valence-corrected chi connectivity index (χ4v) is 2.07. The van der Waals surface area contributed by atoms with Gasteiger partial charge >= 0.3 is 12.1 Å². The van der Waals surface area contributed by atoms with Gasteiger partial charge in [-0.2, -0.15) is 13.2 Å². The Bertz CT molecular complexity index is 594. The molecule has 0 spiro atoms. The van der Waals surface area contributed by atoms with Crippen LogP contribution >= 0.6 is 0 Å². The predicted octanol–water partition coefficient (Wildman–Crippen LogP) is 2.51. The van der Waals surface area contributed by atoms with E-state index in [1.165, 1.54) is 0 Å². The van der Waals surface area contributed by atoms with Crippen molar-refractivity contribution in [2.45, 2.75) is 40.0 Å². The number of hydrogen-bond donors (Lipinski definition) is 2. The zero-order valence-electron chi connectivity index (χ0n) is 14.0. The Balaban J connectivity index is 2.64. The summed E-state index contributed by atoms with van der Waals surface area (Å²) in [7, 11) is 0. The molecule has 0 fully saturated rings. The van der Waals surface area contributed by atoms with Crippen LogP contribution in [0.5, 0.6) is 0 Å². The number of alkyl halides is 3. The molecule has 0 aliphatic heterocycles. The van der Waals surface area contributed by atoms with Crippen molar-refractivity contribution in [3.8, 4) is 0 Å². The van der Waals surface area contributed by atoms with E-state index in [0.717, 1.165) is 0 Å². The molecule has 0 aliphatic rings. The van der Waals surface area contributed by atoms with Crippen LogP contribution in [0.2, 0.25) is 0 Å². The molecule has 0 atom stereocenters. The lowest BCUT2D eigenvalue weighted by molar-refractivity contribution is -0.173. The quantitative estimate of drug-likeness (QED) is 0.585. The highest BCUT2D eigenvalue weighted by Crippen LogP contribution is 2.19. The predicted molar refractivity (Wildman–Crippen MR) is 80.0 cm³/mol. The van der Waals surface area contributed by atoms with Crippen molar-refractivity contribution < 1.29 is 32.2 Å². The molecule has 0 radical (unpaired) electrons. The molecule has 0 bridgehead atoms. The Morgan fingerprint density at radius 2 is 1.88 bits per heavy atom. The lowest BCUT2D eigenvalue weighted by Crippen LogP contribution is -2.29. The van der Waals surface area contributed by atoms with E-state index in [9.17, 15) is 22.8 Å². The van der Waals surface area contributed by atoms with Crippen LogP contribution in [0.1, 0.15) is 46.0 Å².